The molecule has 2 aromatic carbocycles. The van der Waals surface area contributed by atoms with E-state index in [4.69, 9.17) is 13.9 Å². The van der Waals surface area contributed by atoms with E-state index in [-0.39, 0.29) is 24.0 Å². The summed E-state index contributed by atoms with van der Waals surface area (Å²) in [5.41, 5.74) is 1.62. The van der Waals surface area contributed by atoms with Crippen molar-refractivity contribution in [1.82, 2.24) is 15.1 Å². The van der Waals surface area contributed by atoms with Gasteiger partial charge in [0.2, 0.25) is 5.89 Å². The smallest absolute Gasteiger partial charge is 0.470 e. The molecule has 1 aliphatic heterocycles. The number of benzene rings is 2. The summed E-state index contributed by atoms with van der Waals surface area (Å²) in [4.78, 5) is 16.6. The number of hydrogen-bond acceptors (Lipinski definition) is 6. The fraction of sp³-hybridized carbons (Fsp3) is 0.318. The molecule has 3 aromatic rings. The Morgan fingerprint density at radius 3 is 2.48 bits per heavy atom. The molecule has 0 saturated carbocycles. The molecule has 11 heteroatoms. The monoisotopic (exact) mass is 462 g/mol. The predicted octanol–water partition coefficient (Wildman–Crippen LogP) is 4.22. The van der Waals surface area contributed by atoms with Gasteiger partial charge in [-0.15, -0.1) is 10.2 Å². The maximum absolute atomic E-state index is 13.3. The zero-order chi connectivity index (χ0) is 23.4. The van der Waals surface area contributed by atoms with Crippen LogP contribution in [-0.2, 0) is 17.5 Å². The molecule has 33 heavy (non-hydrogen) atoms. The molecule has 2 amide bonds. The van der Waals surface area contributed by atoms with Gasteiger partial charge >= 0.3 is 18.1 Å². The average molecular weight is 462 g/mol. The van der Waals surface area contributed by atoms with Crippen LogP contribution in [0.4, 0.5) is 23.7 Å². The Balaban J connectivity index is 1.63. The molecular formula is C22H21F3N4O4. The first kappa shape index (κ1) is 22.6. The number of para-hydroxylation sites is 1. The van der Waals surface area contributed by atoms with Gasteiger partial charge in [-0.2, -0.15) is 13.2 Å². The van der Waals surface area contributed by atoms with E-state index in [0.29, 0.717) is 43.3 Å². The second-order valence-electron chi connectivity index (χ2n) is 7.24. The molecular weight excluding hydrogens is 441 g/mol. The van der Waals surface area contributed by atoms with Gasteiger partial charge in [0.25, 0.3) is 0 Å². The molecule has 1 saturated heterocycles. The lowest BCUT2D eigenvalue weighted by molar-refractivity contribution is -0.156. The van der Waals surface area contributed by atoms with Gasteiger partial charge in [0.05, 0.1) is 26.9 Å². The van der Waals surface area contributed by atoms with Gasteiger partial charge in [-0.25, -0.2) is 4.79 Å². The molecule has 0 bridgehead atoms. The SMILES string of the molecule is COc1cc(-c2nnc(C(F)(F)F)o2)ccc1CN(C(=O)N1CCOCC1)c1ccccc1. The molecule has 2 heterocycles. The van der Waals surface area contributed by atoms with Crippen molar-refractivity contribution < 1.29 is 31.9 Å². The number of methoxy groups -OCH3 is 1. The maximum Gasteiger partial charge on any atom is 0.470 e. The molecule has 0 radical (unpaired) electrons. The number of aromatic nitrogens is 2. The van der Waals surface area contributed by atoms with Gasteiger partial charge < -0.3 is 18.8 Å². The highest BCUT2D eigenvalue weighted by Gasteiger charge is 2.38. The fourth-order valence-corrected chi connectivity index (χ4v) is 3.44. The van der Waals surface area contributed by atoms with Crippen molar-refractivity contribution in [3.05, 3.63) is 60.0 Å². The van der Waals surface area contributed by atoms with E-state index < -0.39 is 12.1 Å². The molecule has 1 aromatic heterocycles. The summed E-state index contributed by atoms with van der Waals surface area (Å²) in [5, 5.41) is 6.53. The van der Waals surface area contributed by atoms with Crippen molar-refractivity contribution in [3.8, 4) is 17.2 Å². The lowest BCUT2D eigenvalue weighted by Crippen LogP contribution is -2.48. The number of anilines is 1. The van der Waals surface area contributed by atoms with Crippen molar-refractivity contribution in [2.75, 3.05) is 38.3 Å². The second kappa shape index (κ2) is 9.49. The highest BCUT2D eigenvalue weighted by atomic mass is 19.4. The van der Waals surface area contributed by atoms with E-state index in [1.165, 1.54) is 13.2 Å². The van der Waals surface area contributed by atoms with Crippen molar-refractivity contribution in [2.24, 2.45) is 0 Å². The Labute approximate surface area is 187 Å². The summed E-state index contributed by atoms with van der Waals surface area (Å²) >= 11 is 0. The van der Waals surface area contributed by atoms with Gasteiger partial charge in [-0.3, -0.25) is 4.90 Å². The van der Waals surface area contributed by atoms with E-state index in [2.05, 4.69) is 10.2 Å². The molecule has 174 valence electrons. The Kier molecular flexibility index (Phi) is 6.50. The van der Waals surface area contributed by atoms with Crippen LogP contribution in [0.1, 0.15) is 11.5 Å². The lowest BCUT2D eigenvalue weighted by Gasteiger charge is -2.33. The minimum absolute atomic E-state index is 0.178. The van der Waals surface area contributed by atoms with Crippen LogP contribution in [0, 0.1) is 0 Å². The topological polar surface area (TPSA) is 80.9 Å². The summed E-state index contributed by atoms with van der Waals surface area (Å²) < 4.78 is 53.9. The van der Waals surface area contributed by atoms with Crippen LogP contribution in [-0.4, -0.2) is 54.5 Å². The Morgan fingerprint density at radius 2 is 1.85 bits per heavy atom. The van der Waals surface area contributed by atoms with Gasteiger partial charge in [0, 0.05) is 29.9 Å². The van der Waals surface area contributed by atoms with E-state index in [1.807, 2.05) is 30.3 Å². The van der Waals surface area contributed by atoms with Gasteiger partial charge in [0.1, 0.15) is 5.75 Å². The fourth-order valence-electron chi connectivity index (χ4n) is 3.44. The number of alkyl halides is 3. The minimum atomic E-state index is -4.73. The number of urea groups is 1. The summed E-state index contributed by atoms with van der Waals surface area (Å²) in [5.74, 6) is -1.33. The maximum atomic E-state index is 13.3. The number of hydrogen-bond donors (Lipinski definition) is 0. The molecule has 8 nitrogen and oxygen atoms in total. The first-order chi connectivity index (χ1) is 15.9. The van der Waals surface area contributed by atoms with Gasteiger partial charge in [0.15, 0.2) is 0 Å². The Morgan fingerprint density at radius 1 is 1.12 bits per heavy atom. The normalized spacial score (nSPS) is 14.2. The summed E-state index contributed by atoms with van der Waals surface area (Å²) in [6, 6.07) is 13.7. The minimum Gasteiger partial charge on any atom is -0.496 e. The molecule has 1 aliphatic rings. The number of amides is 2. The second-order valence-corrected chi connectivity index (χ2v) is 7.24. The van der Waals surface area contributed by atoms with Crippen LogP contribution in [0.5, 0.6) is 5.75 Å². The number of morpholine rings is 1. The largest absolute Gasteiger partial charge is 0.496 e. The number of carbonyl (C=O) groups excluding carboxylic acids is 1. The van der Waals surface area contributed by atoms with Crippen LogP contribution in [0.3, 0.4) is 0 Å². The average Bonchev–Trinajstić information content (AvgIpc) is 3.34. The highest BCUT2D eigenvalue weighted by molar-refractivity contribution is 5.92. The molecule has 0 spiro atoms. The molecule has 0 atom stereocenters. The van der Waals surface area contributed by atoms with Crippen molar-refractivity contribution >= 4 is 11.7 Å². The third-order valence-electron chi connectivity index (χ3n) is 5.11. The number of rotatable bonds is 5. The van der Waals surface area contributed by atoms with Crippen molar-refractivity contribution in [2.45, 2.75) is 12.7 Å². The third-order valence-corrected chi connectivity index (χ3v) is 5.11. The molecule has 4 rings (SSSR count). The zero-order valence-electron chi connectivity index (χ0n) is 17.7. The quantitative estimate of drug-likeness (QED) is 0.565. The predicted molar refractivity (Wildman–Crippen MR) is 112 cm³/mol. The molecule has 0 unspecified atom stereocenters. The van der Waals surface area contributed by atoms with Crippen molar-refractivity contribution in [3.63, 3.8) is 0 Å². The van der Waals surface area contributed by atoms with E-state index in [9.17, 15) is 18.0 Å². The number of ether oxygens (including phenoxy) is 2. The van der Waals surface area contributed by atoms with Crippen LogP contribution in [0.25, 0.3) is 11.5 Å². The lowest BCUT2D eigenvalue weighted by atomic mass is 10.1. The van der Waals surface area contributed by atoms with Crippen LogP contribution >= 0.6 is 0 Å². The van der Waals surface area contributed by atoms with E-state index in [1.54, 1.807) is 21.9 Å². The zero-order valence-corrected chi connectivity index (χ0v) is 17.7. The number of carbonyl (C=O) groups is 1. The van der Waals surface area contributed by atoms with Crippen LogP contribution in [0.15, 0.2) is 52.9 Å². The molecule has 0 N–H and O–H groups in total. The van der Waals surface area contributed by atoms with E-state index >= 15 is 0 Å². The van der Waals surface area contributed by atoms with Gasteiger partial charge in [-0.05, 0) is 24.3 Å². The van der Waals surface area contributed by atoms with E-state index in [0.717, 1.165) is 0 Å². The van der Waals surface area contributed by atoms with Gasteiger partial charge in [-0.1, -0.05) is 24.3 Å². The van der Waals surface area contributed by atoms with Crippen LogP contribution < -0.4 is 9.64 Å². The van der Waals surface area contributed by atoms with Crippen LogP contribution in [0.2, 0.25) is 0 Å². The Bertz CT molecular complexity index is 1100. The number of halogens is 3. The first-order valence-electron chi connectivity index (χ1n) is 10.1. The summed E-state index contributed by atoms with van der Waals surface area (Å²) in [6.07, 6.45) is -4.73. The third kappa shape index (κ3) is 5.08. The molecule has 0 aliphatic carbocycles. The first-order valence-corrected chi connectivity index (χ1v) is 10.1. The Hall–Kier alpha value is -3.60. The highest BCUT2D eigenvalue weighted by Crippen LogP contribution is 2.33. The molecule has 1 fully saturated rings. The number of nitrogens with zero attached hydrogens (tertiary/aromatic N) is 4. The summed E-state index contributed by atoms with van der Waals surface area (Å²) in [6.45, 7) is 2.09. The summed E-state index contributed by atoms with van der Waals surface area (Å²) in [7, 11) is 1.44. The standard InChI is InChI=1S/C22H21F3N4O4/c1-31-18-13-15(19-26-27-20(33-19)22(23,24)25)7-8-16(18)14-29(17-5-3-2-4-6-17)21(30)28-9-11-32-12-10-28/h2-8,13H,9-12,14H2,1H3. The van der Waals surface area contributed by atoms with Crippen molar-refractivity contribution in [1.29, 1.82) is 0 Å².